The molecular formula is C16H22N2O. The number of nitrogens with one attached hydrogen (secondary N) is 1. The molecule has 0 aromatic heterocycles. The third kappa shape index (κ3) is 2.81. The van der Waals surface area contributed by atoms with Crippen LogP contribution in [0.2, 0.25) is 0 Å². The molecule has 1 atom stereocenters. The SMILES string of the molecule is O=C([C@H]1CCCNC1)N1CCc2ccccc2CC1. The van der Waals surface area contributed by atoms with Gasteiger partial charge >= 0.3 is 0 Å². The molecule has 19 heavy (non-hydrogen) atoms. The van der Waals surface area contributed by atoms with Crippen molar-refractivity contribution in [1.82, 2.24) is 10.2 Å². The number of nitrogens with zero attached hydrogens (tertiary/aromatic N) is 1. The number of rotatable bonds is 1. The lowest BCUT2D eigenvalue weighted by atomic mass is 9.98. The molecule has 1 N–H and O–H groups in total. The molecule has 1 amide bonds. The Kier molecular flexibility index (Phi) is 3.83. The highest BCUT2D eigenvalue weighted by Gasteiger charge is 2.26. The van der Waals surface area contributed by atoms with E-state index >= 15 is 0 Å². The zero-order chi connectivity index (χ0) is 13.1. The third-order valence-electron chi connectivity index (χ3n) is 4.38. The van der Waals surface area contributed by atoms with Crippen molar-refractivity contribution in [3.8, 4) is 0 Å². The molecule has 1 fully saturated rings. The van der Waals surface area contributed by atoms with E-state index in [0.29, 0.717) is 5.91 Å². The Labute approximate surface area is 115 Å². The van der Waals surface area contributed by atoms with Crippen LogP contribution < -0.4 is 5.32 Å². The van der Waals surface area contributed by atoms with Crippen LogP contribution >= 0.6 is 0 Å². The summed E-state index contributed by atoms with van der Waals surface area (Å²) < 4.78 is 0. The second-order valence-corrected chi connectivity index (χ2v) is 5.64. The summed E-state index contributed by atoms with van der Waals surface area (Å²) in [6, 6.07) is 8.60. The van der Waals surface area contributed by atoms with Gasteiger partial charge in [0.05, 0.1) is 5.92 Å². The Morgan fingerprint density at radius 1 is 1.16 bits per heavy atom. The molecule has 0 saturated carbocycles. The lowest BCUT2D eigenvalue weighted by molar-refractivity contribution is -0.135. The molecule has 102 valence electrons. The minimum Gasteiger partial charge on any atom is -0.342 e. The van der Waals surface area contributed by atoms with E-state index in [-0.39, 0.29) is 5.92 Å². The number of carbonyl (C=O) groups is 1. The minimum atomic E-state index is 0.204. The molecule has 1 aromatic carbocycles. The number of benzene rings is 1. The van der Waals surface area contributed by atoms with Crippen LogP contribution in [0.1, 0.15) is 24.0 Å². The summed E-state index contributed by atoms with van der Waals surface area (Å²) in [6.07, 6.45) is 4.18. The van der Waals surface area contributed by atoms with Crippen LogP contribution in [0, 0.1) is 5.92 Å². The van der Waals surface area contributed by atoms with Crippen LogP contribution in [-0.2, 0) is 17.6 Å². The highest BCUT2D eigenvalue weighted by molar-refractivity contribution is 5.79. The van der Waals surface area contributed by atoms with Crippen molar-refractivity contribution < 1.29 is 4.79 Å². The molecule has 3 rings (SSSR count). The molecule has 2 aliphatic rings. The summed E-state index contributed by atoms with van der Waals surface area (Å²) in [7, 11) is 0. The number of hydrogen-bond donors (Lipinski definition) is 1. The van der Waals surface area contributed by atoms with Crippen molar-refractivity contribution in [2.24, 2.45) is 5.92 Å². The van der Waals surface area contributed by atoms with Crippen molar-refractivity contribution in [3.63, 3.8) is 0 Å². The maximum atomic E-state index is 12.5. The Bertz CT molecular complexity index is 425. The zero-order valence-electron chi connectivity index (χ0n) is 11.4. The van der Waals surface area contributed by atoms with Gasteiger partial charge in [-0.05, 0) is 43.4 Å². The second kappa shape index (κ2) is 5.74. The predicted octanol–water partition coefficient (Wildman–Crippen LogP) is 1.61. The van der Waals surface area contributed by atoms with Gasteiger partial charge < -0.3 is 10.2 Å². The van der Waals surface area contributed by atoms with Crippen LogP contribution in [-0.4, -0.2) is 37.0 Å². The van der Waals surface area contributed by atoms with Gasteiger partial charge in [-0.2, -0.15) is 0 Å². The van der Waals surface area contributed by atoms with Crippen molar-refractivity contribution in [2.75, 3.05) is 26.2 Å². The molecular weight excluding hydrogens is 236 g/mol. The molecule has 0 aliphatic carbocycles. The molecule has 3 heteroatoms. The first-order valence-corrected chi connectivity index (χ1v) is 7.41. The molecule has 0 spiro atoms. The quantitative estimate of drug-likeness (QED) is 0.830. The number of piperidine rings is 1. The van der Waals surface area contributed by atoms with E-state index in [9.17, 15) is 4.79 Å². The minimum absolute atomic E-state index is 0.204. The topological polar surface area (TPSA) is 32.3 Å². The van der Waals surface area contributed by atoms with Gasteiger partial charge in [0.1, 0.15) is 0 Å². The maximum Gasteiger partial charge on any atom is 0.226 e. The van der Waals surface area contributed by atoms with Gasteiger partial charge in [-0.25, -0.2) is 0 Å². The molecule has 2 heterocycles. The van der Waals surface area contributed by atoms with E-state index in [1.807, 2.05) is 0 Å². The number of fused-ring (bicyclic) bond motifs is 1. The van der Waals surface area contributed by atoms with E-state index in [4.69, 9.17) is 0 Å². The van der Waals surface area contributed by atoms with Gasteiger partial charge in [0.25, 0.3) is 0 Å². The van der Waals surface area contributed by atoms with E-state index in [1.165, 1.54) is 11.1 Å². The number of amides is 1. The van der Waals surface area contributed by atoms with Gasteiger partial charge in [0.2, 0.25) is 5.91 Å². The first-order chi connectivity index (χ1) is 9.34. The lowest BCUT2D eigenvalue weighted by Crippen LogP contribution is -2.44. The molecule has 0 radical (unpaired) electrons. The van der Waals surface area contributed by atoms with Crippen molar-refractivity contribution >= 4 is 5.91 Å². The molecule has 2 aliphatic heterocycles. The van der Waals surface area contributed by atoms with Gasteiger partial charge in [-0.1, -0.05) is 24.3 Å². The number of hydrogen-bond acceptors (Lipinski definition) is 2. The smallest absolute Gasteiger partial charge is 0.226 e. The zero-order valence-corrected chi connectivity index (χ0v) is 11.4. The third-order valence-corrected chi connectivity index (χ3v) is 4.38. The maximum absolute atomic E-state index is 12.5. The van der Waals surface area contributed by atoms with E-state index in [2.05, 4.69) is 34.5 Å². The summed E-state index contributed by atoms with van der Waals surface area (Å²) in [5.41, 5.74) is 2.83. The van der Waals surface area contributed by atoms with E-state index in [0.717, 1.165) is 51.9 Å². The standard InChI is InChI=1S/C16H22N2O/c19-16(15-6-3-9-17-12-15)18-10-7-13-4-1-2-5-14(13)8-11-18/h1-2,4-5,15,17H,3,6-12H2/t15-/m0/s1. The molecule has 1 saturated heterocycles. The fraction of sp³-hybridized carbons (Fsp3) is 0.562. The highest BCUT2D eigenvalue weighted by Crippen LogP contribution is 2.19. The van der Waals surface area contributed by atoms with Crippen LogP contribution in [0.15, 0.2) is 24.3 Å². The largest absolute Gasteiger partial charge is 0.342 e. The summed E-state index contributed by atoms with van der Waals surface area (Å²) in [6.45, 7) is 3.69. The monoisotopic (exact) mass is 258 g/mol. The average Bonchev–Trinajstić information content (AvgIpc) is 2.70. The highest BCUT2D eigenvalue weighted by atomic mass is 16.2. The summed E-state index contributed by atoms with van der Waals surface area (Å²) in [4.78, 5) is 14.6. The number of carbonyl (C=O) groups excluding carboxylic acids is 1. The Morgan fingerprint density at radius 3 is 2.42 bits per heavy atom. The summed E-state index contributed by atoms with van der Waals surface area (Å²) in [5.74, 6) is 0.565. The van der Waals surface area contributed by atoms with E-state index in [1.54, 1.807) is 0 Å². The van der Waals surface area contributed by atoms with Crippen molar-refractivity contribution in [1.29, 1.82) is 0 Å². The van der Waals surface area contributed by atoms with Crippen LogP contribution in [0.5, 0.6) is 0 Å². The normalized spacial score (nSPS) is 23.6. The predicted molar refractivity (Wildman–Crippen MR) is 76.0 cm³/mol. The van der Waals surface area contributed by atoms with E-state index < -0.39 is 0 Å². The Morgan fingerprint density at radius 2 is 1.84 bits per heavy atom. The fourth-order valence-corrected chi connectivity index (χ4v) is 3.21. The first-order valence-electron chi connectivity index (χ1n) is 7.41. The van der Waals surface area contributed by atoms with Crippen molar-refractivity contribution in [2.45, 2.75) is 25.7 Å². The van der Waals surface area contributed by atoms with Gasteiger partial charge in [0.15, 0.2) is 0 Å². The van der Waals surface area contributed by atoms with Gasteiger partial charge in [0, 0.05) is 19.6 Å². The van der Waals surface area contributed by atoms with Gasteiger partial charge in [-0.3, -0.25) is 4.79 Å². The molecule has 1 aromatic rings. The van der Waals surface area contributed by atoms with Crippen molar-refractivity contribution in [3.05, 3.63) is 35.4 Å². The Balaban J connectivity index is 1.66. The Hall–Kier alpha value is -1.35. The fourth-order valence-electron chi connectivity index (χ4n) is 3.21. The molecule has 0 unspecified atom stereocenters. The molecule has 3 nitrogen and oxygen atoms in total. The van der Waals surface area contributed by atoms with Crippen LogP contribution in [0.25, 0.3) is 0 Å². The van der Waals surface area contributed by atoms with Crippen LogP contribution in [0.4, 0.5) is 0 Å². The average molecular weight is 258 g/mol. The van der Waals surface area contributed by atoms with Crippen LogP contribution in [0.3, 0.4) is 0 Å². The second-order valence-electron chi connectivity index (χ2n) is 5.64. The summed E-state index contributed by atoms with van der Waals surface area (Å²) >= 11 is 0. The first kappa shape index (κ1) is 12.7. The summed E-state index contributed by atoms with van der Waals surface area (Å²) in [5, 5.41) is 3.34. The molecule has 0 bridgehead atoms. The lowest BCUT2D eigenvalue weighted by Gasteiger charge is -2.28. The van der Waals surface area contributed by atoms with Gasteiger partial charge in [-0.15, -0.1) is 0 Å².